The van der Waals surface area contributed by atoms with E-state index in [-0.39, 0.29) is 5.92 Å². The number of carbonyl (C=O) groups is 1. The summed E-state index contributed by atoms with van der Waals surface area (Å²) in [6.07, 6.45) is 4.38. The average molecular weight is 240 g/mol. The first kappa shape index (κ1) is 12.8. The Morgan fingerprint density at radius 2 is 2.24 bits per heavy atom. The van der Waals surface area contributed by atoms with E-state index >= 15 is 0 Å². The normalized spacial score (nSPS) is 32.9. The van der Waals surface area contributed by atoms with Crippen molar-refractivity contribution < 1.29 is 9.53 Å². The number of hydrogen-bond acceptors (Lipinski definition) is 3. The van der Waals surface area contributed by atoms with Gasteiger partial charge in [-0.05, 0) is 31.7 Å². The van der Waals surface area contributed by atoms with Gasteiger partial charge in [0.25, 0.3) is 0 Å². The molecule has 1 amide bonds. The predicted octanol–water partition coefficient (Wildman–Crippen LogP) is 0.856. The van der Waals surface area contributed by atoms with Crippen molar-refractivity contribution >= 4 is 5.91 Å². The first-order valence-electron chi connectivity index (χ1n) is 6.75. The second-order valence-electron chi connectivity index (χ2n) is 5.48. The highest BCUT2D eigenvalue weighted by Crippen LogP contribution is 2.32. The van der Waals surface area contributed by atoms with E-state index in [2.05, 4.69) is 0 Å². The van der Waals surface area contributed by atoms with E-state index in [4.69, 9.17) is 10.5 Å². The fourth-order valence-corrected chi connectivity index (χ4v) is 3.13. The fraction of sp³-hybridized carbons (Fsp3) is 0.923. The highest BCUT2D eigenvalue weighted by molar-refractivity contribution is 5.79. The minimum absolute atomic E-state index is 0.173. The first-order valence-corrected chi connectivity index (χ1v) is 6.75. The number of nitrogens with two attached hydrogens (primary N) is 1. The molecular formula is C13H24N2O2. The number of rotatable bonds is 4. The van der Waals surface area contributed by atoms with Crippen LogP contribution < -0.4 is 5.73 Å². The van der Waals surface area contributed by atoms with Gasteiger partial charge in [0, 0.05) is 32.0 Å². The lowest BCUT2D eigenvalue weighted by Crippen LogP contribution is -2.39. The third kappa shape index (κ3) is 2.99. The molecule has 0 aromatic rings. The summed E-state index contributed by atoms with van der Waals surface area (Å²) < 4.78 is 5.35. The topological polar surface area (TPSA) is 55.6 Å². The molecule has 0 radical (unpaired) electrons. The van der Waals surface area contributed by atoms with Crippen LogP contribution in [0.1, 0.15) is 25.7 Å². The maximum atomic E-state index is 12.3. The summed E-state index contributed by atoms with van der Waals surface area (Å²) in [4.78, 5) is 14.2. The fourth-order valence-electron chi connectivity index (χ4n) is 3.13. The van der Waals surface area contributed by atoms with Crippen molar-refractivity contribution in [3.63, 3.8) is 0 Å². The van der Waals surface area contributed by atoms with Crippen molar-refractivity contribution in [2.75, 3.05) is 33.4 Å². The third-order valence-corrected chi connectivity index (χ3v) is 4.21. The molecule has 0 aromatic carbocycles. The lowest BCUT2D eigenvalue weighted by molar-refractivity contribution is -0.135. The van der Waals surface area contributed by atoms with Gasteiger partial charge in [-0.2, -0.15) is 0 Å². The van der Waals surface area contributed by atoms with Crippen LogP contribution >= 0.6 is 0 Å². The van der Waals surface area contributed by atoms with Gasteiger partial charge in [-0.25, -0.2) is 0 Å². The van der Waals surface area contributed by atoms with E-state index in [0.29, 0.717) is 24.3 Å². The van der Waals surface area contributed by atoms with Crippen LogP contribution in [0, 0.1) is 17.8 Å². The highest BCUT2D eigenvalue weighted by Gasteiger charge is 2.34. The van der Waals surface area contributed by atoms with Gasteiger partial charge < -0.3 is 15.4 Å². The Morgan fingerprint density at radius 3 is 2.88 bits per heavy atom. The molecule has 0 bridgehead atoms. The van der Waals surface area contributed by atoms with Gasteiger partial charge in [-0.3, -0.25) is 4.79 Å². The van der Waals surface area contributed by atoms with Gasteiger partial charge in [-0.1, -0.05) is 6.42 Å². The summed E-state index contributed by atoms with van der Waals surface area (Å²) in [5.74, 6) is 1.41. The molecule has 98 valence electrons. The zero-order chi connectivity index (χ0) is 12.3. The van der Waals surface area contributed by atoms with Gasteiger partial charge in [0.05, 0.1) is 6.61 Å². The van der Waals surface area contributed by atoms with Crippen LogP contribution in [-0.4, -0.2) is 44.2 Å². The molecule has 2 N–H and O–H groups in total. The standard InChI is InChI=1S/C13H24N2O2/c1-15(8-10-5-6-17-9-10)13(16)12-4-2-3-11(12)7-14/h10-12H,2-9,14H2,1H3/t10?,11-,12-/m1/s1. The van der Waals surface area contributed by atoms with Crippen molar-refractivity contribution in [3.8, 4) is 0 Å². The minimum atomic E-state index is 0.173. The molecule has 1 saturated heterocycles. The van der Waals surface area contributed by atoms with Crippen LogP contribution in [0.25, 0.3) is 0 Å². The molecular weight excluding hydrogens is 216 g/mol. The quantitative estimate of drug-likeness (QED) is 0.793. The van der Waals surface area contributed by atoms with E-state index in [1.54, 1.807) is 0 Å². The number of ether oxygens (including phenoxy) is 1. The van der Waals surface area contributed by atoms with Crippen LogP contribution in [0.5, 0.6) is 0 Å². The number of hydrogen-bond donors (Lipinski definition) is 1. The van der Waals surface area contributed by atoms with Crippen molar-refractivity contribution in [2.45, 2.75) is 25.7 Å². The molecule has 2 aliphatic rings. The second kappa shape index (κ2) is 5.83. The van der Waals surface area contributed by atoms with Crippen LogP contribution in [0.2, 0.25) is 0 Å². The number of carbonyl (C=O) groups excluding carboxylic acids is 1. The van der Waals surface area contributed by atoms with Crippen LogP contribution in [0.15, 0.2) is 0 Å². The number of amides is 1. The predicted molar refractivity (Wildman–Crippen MR) is 66.4 cm³/mol. The zero-order valence-electron chi connectivity index (χ0n) is 10.7. The average Bonchev–Trinajstić information content (AvgIpc) is 2.97. The van der Waals surface area contributed by atoms with Gasteiger partial charge in [0.15, 0.2) is 0 Å². The third-order valence-electron chi connectivity index (χ3n) is 4.21. The largest absolute Gasteiger partial charge is 0.381 e. The van der Waals surface area contributed by atoms with Crippen molar-refractivity contribution in [1.82, 2.24) is 4.90 Å². The molecule has 1 heterocycles. The van der Waals surface area contributed by atoms with Crippen molar-refractivity contribution in [3.05, 3.63) is 0 Å². The summed E-state index contributed by atoms with van der Waals surface area (Å²) in [5.41, 5.74) is 5.74. The van der Waals surface area contributed by atoms with Crippen molar-refractivity contribution in [1.29, 1.82) is 0 Å². The summed E-state index contributed by atoms with van der Waals surface area (Å²) in [6.45, 7) is 3.15. The molecule has 1 unspecified atom stereocenters. The van der Waals surface area contributed by atoms with E-state index in [0.717, 1.165) is 45.4 Å². The Bertz CT molecular complexity index is 264. The van der Waals surface area contributed by atoms with Gasteiger partial charge in [0.2, 0.25) is 5.91 Å². The Hall–Kier alpha value is -0.610. The minimum Gasteiger partial charge on any atom is -0.381 e. The van der Waals surface area contributed by atoms with Gasteiger partial charge in [-0.15, -0.1) is 0 Å². The van der Waals surface area contributed by atoms with E-state index in [1.165, 1.54) is 0 Å². The maximum Gasteiger partial charge on any atom is 0.225 e. The Labute approximate surface area is 103 Å². The molecule has 2 fully saturated rings. The molecule has 1 saturated carbocycles. The molecule has 3 atom stereocenters. The zero-order valence-corrected chi connectivity index (χ0v) is 10.7. The van der Waals surface area contributed by atoms with Crippen molar-refractivity contribution in [2.24, 2.45) is 23.5 Å². The lowest BCUT2D eigenvalue weighted by atomic mass is 9.94. The maximum absolute atomic E-state index is 12.3. The lowest BCUT2D eigenvalue weighted by Gasteiger charge is -2.26. The first-order chi connectivity index (χ1) is 8.22. The van der Waals surface area contributed by atoms with Crippen LogP contribution in [0.3, 0.4) is 0 Å². The molecule has 2 rings (SSSR count). The monoisotopic (exact) mass is 240 g/mol. The molecule has 17 heavy (non-hydrogen) atoms. The Balaban J connectivity index is 1.85. The summed E-state index contributed by atoms with van der Waals surface area (Å²) in [7, 11) is 1.92. The number of nitrogens with zero attached hydrogens (tertiary/aromatic N) is 1. The van der Waals surface area contributed by atoms with Crippen LogP contribution in [0.4, 0.5) is 0 Å². The summed E-state index contributed by atoms with van der Waals surface area (Å²) in [5, 5.41) is 0. The molecule has 0 spiro atoms. The summed E-state index contributed by atoms with van der Waals surface area (Å²) >= 11 is 0. The van der Waals surface area contributed by atoms with Crippen LogP contribution in [-0.2, 0) is 9.53 Å². The van der Waals surface area contributed by atoms with E-state index < -0.39 is 0 Å². The second-order valence-corrected chi connectivity index (χ2v) is 5.48. The summed E-state index contributed by atoms with van der Waals surface area (Å²) in [6, 6.07) is 0. The Morgan fingerprint density at radius 1 is 1.41 bits per heavy atom. The van der Waals surface area contributed by atoms with Gasteiger partial charge in [0.1, 0.15) is 0 Å². The Kier molecular flexibility index (Phi) is 4.40. The van der Waals surface area contributed by atoms with E-state index in [1.807, 2.05) is 11.9 Å². The molecule has 0 aromatic heterocycles. The van der Waals surface area contributed by atoms with Gasteiger partial charge >= 0.3 is 0 Å². The molecule has 1 aliphatic carbocycles. The smallest absolute Gasteiger partial charge is 0.225 e. The molecule has 4 heteroatoms. The highest BCUT2D eigenvalue weighted by atomic mass is 16.5. The SMILES string of the molecule is CN(CC1CCOC1)C(=O)[C@@H]1CCC[C@@H]1CN. The molecule has 4 nitrogen and oxygen atoms in total. The van der Waals surface area contributed by atoms with E-state index in [9.17, 15) is 4.79 Å². The molecule has 1 aliphatic heterocycles.